The minimum Gasteiger partial charge on any atom is -0.396 e. The third-order valence-electron chi connectivity index (χ3n) is 2.71. The van der Waals surface area contributed by atoms with Crippen molar-refractivity contribution < 1.29 is 9.90 Å². The zero-order valence-corrected chi connectivity index (χ0v) is 7.79. The van der Waals surface area contributed by atoms with Crippen LogP contribution >= 0.6 is 0 Å². The van der Waals surface area contributed by atoms with Gasteiger partial charge in [0.1, 0.15) is 0 Å². The molecular formula is C9H17NO2. The second-order valence-corrected chi connectivity index (χ2v) is 3.56. The fourth-order valence-electron chi connectivity index (χ4n) is 1.79. The highest BCUT2D eigenvalue weighted by molar-refractivity contribution is 5.74. The van der Waals surface area contributed by atoms with Crippen molar-refractivity contribution in [2.24, 2.45) is 5.92 Å². The van der Waals surface area contributed by atoms with Crippen LogP contribution in [0.2, 0.25) is 0 Å². The van der Waals surface area contributed by atoms with Crippen molar-refractivity contribution in [1.82, 2.24) is 4.90 Å². The van der Waals surface area contributed by atoms with E-state index in [0.29, 0.717) is 12.0 Å². The lowest BCUT2D eigenvalue weighted by Gasteiger charge is -2.44. The smallest absolute Gasteiger partial charge is 0.219 e. The first-order chi connectivity index (χ1) is 5.66. The van der Waals surface area contributed by atoms with Crippen LogP contribution in [-0.4, -0.2) is 35.1 Å². The lowest BCUT2D eigenvalue weighted by atomic mass is 9.88. The van der Waals surface area contributed by atoms with Crippen molar-refractivity contribution in [2.45, 2.75) is 32.7 Å². The van der Waals surface area contributed by atoms with Gasteiger partial charge in [-0.1, -0.05) is 6.92 Å². The summed E-state index contributed by atoms with van der Waals surface area (Å²) in [4.78, 5) is 12.9. The molecule has 0 saturated carbocycles. The van der Waals surface area contributed by atoms with Crippen LogP contribution in [0.1, 0.15) is 26.7 Å². The molecule has 12 heavy (non-hydrogen) atoms. The topological polar surface area (TPSA) is 40.5 Å². The van der Waals surface area contributed by atoms with E-state index in [0.717, 1.165) is 19.4 Å². The molecule has 0 spiro atoms. The SMILES string of the molecule is CC(=O)N1CCC1C(C)CCO. The Morgan fingerprint density at radius 2 is 2.42 bits per heavy atom. The molecular weight excluding hydrogens is 154 g/mol. The summed E-state index contributed by atoms with van der Waals surface area (Å²) in [6.07, 6.45) is 1.90. The summed E-state index contributed by atoms with van der Waals surface area (Å²) in [5, 5.41) is 8.73. The van der Waals surface area contributed by atoms with Crippen LogP contribution in [0.15, 0.2) is 0 Å². The van der Waals surface area contributed by atoms with Gasteiger partial charge < -0.3 is 10.0 Å². The molecule has 70 valence electrons. The summed E-state index contributed by atoms with van der Waals surface area (Å²) in [5.74, 6) is 0.601. The van der Waals surface area contributed by atoms with E-state index in [2.05, 4.69) is 6.92 Å². The van der Waals surface area contributed by atoms with Gasteiger partial charge in [-0.25, -0.2) is 0 Å². The molecule has 0 aliphatic carbocycles. The summed E-state index contributed by atoms with van der Waals surface area (Å²) in [6.45, 7) is 4.83. The highest BCUT2D eigenvalue weighted by Gasteiger charge is 2.33. The zero-order chi connectivity index (χ0) is 9.14. The first kappa shape index (κ1) is 9.52. The van der Waals surface area contributed by atoms with Gasteiger partial charge in [-0.05, 0) is 18.8 Å². The Bertz CT molecular complexity index is 170. The van der Waals surface area contributed by atoms with Crippen molar-refractivity contribution in [3.8, 4) is 0 Å². The largest absolute Gasteiger partial charge is 0.396 e. The van der Waals surface area contributed by atoms with Gasteiger partial charge in [-0.15, -0.1) is 0 Å². The Morgan fingerprint density at radius 3 is 2.75 bits per heavy atom. The quantitative estimate of drug-likeness (QED) is 0.676. The third kappa shape index (κ3) is 1.78. The van der Waals surface area contributed by atoms with Gasteiger partial charge in [0.25, 0.3) is 0 Å². The number of hydrogen-bond donors (Lipinski definition) is 1. The molecule has 0 aromatic carbocycles. The van der Waals surface area contributed by atoms with Crippen LogP contribution < -0.4 is 0 Å². The van der Waals surface area contributed by atoms with Crippen LogP contribution in [-0.2, 0) is 4.79 Å². The maximum Gasteiger partial charge on any atom is 0.219 e. The molecule has 1 aliphatic heterocycles. The number of amides is 1. The van der Waals surface area contributed by atoms with Crippen LogP contribution in [0.3, 0.4) is 0 Å². The number of carbonyl (C=O) groups is 1. The number of hydrogen-bond acceptors (Lipinski definition) is 2. The maximum absolute atomic E-state index is 11.0. The summed E-state index contributed by atoms with van der Waals surface area (Å²) < 4.78 is 0. The Morgan fingerprint density at radius 1 is 1.75 bits per heavy atom. The third-order valence-corrected chi connectivity index (χ3v) is 2.71. The number of aliphatic hydroxyl groups excluding tert-OH is 1. The minimum absolute atomic E-state index is 0.163. The minimum atomic E-state index is 0.163. The molecule has 1 amide bonds. The van der Waals surface area contributed by atoms with Crippen LogP contribution in [0, 0.1) is 5.92 Å². The standard InChI is InChI=1S/C9H17NO2/c1-7(4-6-11)9-3-5-10(9)8(2)12/h7,9,11H,3-6H2,1-2H3. The molecule has 1 rings (SSSR count). The Hall–Kier alpha value is -0.570. The van der Waals surface area contributed by atoms with E-state index in [9.17, 15) is 4.79 Å². The molecule has 1 N–H and O–H groups in total. The summed E-state index contributed by atoms with van der Waals surface area (Å²) in [7, 11) is 0. The second-order valence-electron chi connectivity index (χ2n) is 3.56. The molecule has 2 atom stereocenters. The molecule has 1 heterocycles. The predicted octanol–water partition coefficient (Wildman–Crippen LogP) is 0.626. The van der Waals surface area contributed by atoms with Gasteiger partial charge in [0, 0.05) is 26.1 Å². The van der Waals surface area contributed by atoms with E-state index in [1.165, 1.54) is 0 Å². The molecule has 1 aliphatic rings. The van der Waals surface area contributed by atoms with E-state index >= 15 is 0 Å². The number of carbonyl (C=O) groups excluding carboxylic acids is 1. The number of aliphatic hydroxyl groups is 1. The molecule has 0 aromatic rings. The summed E-state index contributed by atoms with van der Waals surface area (Å²) in [6, 6.07) is 0.384. The van der Waals surface area contributed by atoms with Gasteiger partial charge in [-0.2, -0.15) is 0 Å². The Kier molecular flexibility index (Phi) is 3.09. The van der Waals surface area contributed by atoms with Crippen molar-refractivity contribution in [2.75, 3.05) is 13.2 Å². The van der Waals surface area contributed by atoms with Crippen LogP contribution in [0.5, 0.6) is 0 Å². The molecule has 0 aromatic heterocycles. The highest BCUT2D eigenvalue weighted by atomic mass is 16.3. The fraction of sp³-hybridized carbons (Fsp3) is 0.889. The molecule has 0 radical (unpaired) electrons. The average Bonchev–Trinajstić information content (AvgIpc) is 1.82. The normalized spacial score (nSPS) is 24.9. The average molecular weight is 171 g/mol. The zero-order valence-electron chi connectivity index (χ0n) is 7.79. The molecule has 1 fully saturated rings. The summed E-state index contributed by atoms with van der Waals surface area (Å²) >= 11 is 0. The van der Waals surface area contributed by atoms with Gasteiger partial charge >= 0.3 is 0 Å². The van der Waals surface area contributed by atoms with Crippen molar-refractivity contribution >= 4 is 5.91 Å². The molecule has 2 unspecified atom stereocenters. The van der Waals surface area contributed by atoms with Gasteiger partial charge in [0.15, 0.2) is 0 Å². The van der Waals surface area contributed by atoms with E-state index in [4.69, 9.17) is 5.11 Å². The molecule has 3 nitrogen and oxygen atoms in total. The summed E-state index contributed by atoms with van der Waals surface area (Å²) in [5.41, 5.74) is 0. The van der Waals surface area contributed by atoms with E-state index in [1.54, 1.807) is 6.92 Å². The van der Waals surface area contributed by atoms with Crippen LogP contribution in [0.4, 0.5) is 0 Å². The number of likely N-dealkylation sites (tertiary alicyclic amines) is 1. The number of nitrogens with zero attached hydrogens (tertiary/aromatic N) is 1. The molecule has 3 heteroatoms. The predicted molar refractivity (Wildman–Crippen MR) is 46.7 cm³/mol. The van der Waals surface area contributed by atoms with Crippen molar-refractivity contribution in [1.29, 1.82) is 0 Å². The molecule has 0 bridgehead atoms. The first-order valence-electron chi connectivity index (χ1n) is 4.55. The Labute approximate surface area is 73.4 Å². The molecule has 1 saturated heterocycles. The van der Waals surface area contributed by atoms with Crippen molar-refractivity contribution in [3.63, 3.8) is 0 Å². The number of rotatable bonds is 3. The second kappa shape index (κ2) is 3.90. The van der Waals surface area contributed by atoms with Gasteiger partial charge in [-0.3, -0.25) is 4.79 Å². The van der Waals surface area contributed by atoms with Crippen LogP contribution in [0.25, 0.3) is 0 Å². The maximum atomic E-state index is 11.0. The van der Waals surface area contributed by atoms with E-state index in [1.807, 2.05) is 4.90 Å². The first-order valence-corrected chi connectivity index (χ1v) is 4.55. The monoisotopic (exact) mass is 171 g/mol. The Balaban J connectivity index is 2.37. The van der Waals surface area contributed by atoms with Gasteiger partial charge in [0.2, 0.25) is 5.91 Å². The lowest BCUT2D eigenvalue weighted by Crippen LogP contribution is -2.53. The van der Waals surface area contributed by atoms with Crippen molar-refractivity contribution in [3.05, 3.63) is 0 Å². The van der Waals surface area contributed by atoms with E-state index < -0.39 is 0 Å². The van der Waals surface area contributed by atoms with E-state index in [-0.39, 0.29) is 12.5 Å². The fourth-order valence-corrected chi connectivity index (χ4v) is 1.79. The highest BCUT2D eigenvalue weighted by Crippen LogP contribution is 2.26. The lowest BCUT2D eigenvalue weighted by molar-refractivity contribution is -0.138. The van der Waals surface area contributed by atoms with Gasteiger partial charge in [0.05, 0.1) is 0 Å².